The zero-order chi connectivity index (χ0) is 19.1. The Hall–Kier alpha value is -2.61. The van der Waals surface area contributed by atoms with Crippen LogP contribution in [-0.4, -0.2) is 49.4 Å². The van der Waals surface area contributed by atoms with Crippen LogP contribution in [0.3, 0.4) is 0 Å². The smallest absolute Gasteiger partial charge is 0.316 e. The van der Waals surface area contributed by atoms with E-state index in [-0.39, 0.29) is 13.2 Å². The molecule has 0 amide bonds. The Morgan fingerprint density at radius 2 is 1.81 bits per heavy atom. The molecule has 1 aromatic carbocycles. The van der Waals surface area contributed by atoms with E-state index < -0.39 is 41.1 Å². The molecule has 1 aliphatic heterocycles. The van der Waals surface area contributed by atoms with Gasteiger partial charge >= 0.3 is 11.9 Å². The molecule has 0 spiro atoms. The van der Waals surface area contributed by atoms with Crippen molar-refractivity contribution in [3.05, 3.63) is 23.8 Å². The molecule has 0 radical (unpaired) electrons. The van der Waals surface area contributed by atoms with Crippen LogP contribution < -0.4 is 9.47 Å². The summed E-state index contributed by atoms with van der Waals surface area (Å²) in [7, 11) is 2.37. The Morgan fingerprint density at radius 3 is 2.46 bits per heavy atom. The number of ether oxygens (including phenoxy) is 4. The lowest BCUT2D eigenvalue weighted by Gasteiger charge is -2.43. The summed E-state index contributed by atoms with van der Waals surface area (Å²) in [4.78, 5) is 37.4. The summed E-state index contributed by atoms with van der Waals surface area (Å²) in [5, 5.41) is 10.8. The highest BCUT2D eigenvalue weighted by Gasteiger charge is 2.57. The molecule has 8 heteroatoms. The quantitative estimate of drug-likeness (QED) is 0.620. The fraction of sp³-hybridized carbons (Fsp3) is 0.500. The van der Waals surface area contributed by atoms with Crippen LogP contribution in [0.2, 0.25) is 0 Å². The first-order chi connectivity index (χ1) is 12.3. The molecule has 1 N–H and O–H groups in total. The number of fused-ring (bicyclic) bond motifs is 1. The lowest BCUT2D eigenvalue weighted by molar-refractivity contribution is -0.170. The van der Waals surface area contributed by atoms with Gasteiger partial charge in [0.05, 0.1) is 25.7 Å². The number of carbonyl (C=O) groups excluding carboxylic acids is 3. The summed E-state index contributed by atoms with van der Waals surface area (Å²) >= 11 is 0. The fourth-order valence-electron chi connectivity index (χ4n) is 3.79. The Kier molecular flexibility index (Phi) is 4.62. The maximum atomic E-state index is 12.6. The van der Waals surface area contributed by atoms with Gasteiger partial charge in [0, 0.05) is 12.3 Å². The second-order valence-electron chi connectivity index (χ2n) is 6.64. The van der Waals surface area contributed by atoms with Crippen molar-refractivity contribution in [2.75, 3.05) is 21.0 Å². The first kappa shape index (κ1) is 18.2. The van der Waals surface area contributed by atoms with Gasteiger partial charge in [0.15, 0.2) is 17.3 Å². The molecule has 0 bridgehead atoms. The van der Waals surface area contributed by atoms with Crippen molar-refractivity contribution in [2.45, 2.75) is 24.9 Å². The molecule has 2 aliphatic rings. The average molecular weight is 364 g/mol. The Morgan fingerprint density at radius 1 is 1.15 bits per heavy atom. The van der Waals surface area contributed by atoms with Crippen molar-refractivity contribution in [1.29, 1.82) is 0 Å². The molecule has 1 heterocycles. The minimum atomic E-state index is -1.67. The van der Waals surface area contributed by atoms with Crippen molar-refractivity contribution in [2.24, 2.45) is 11.8 Å². The molecule has 8 nitrogen and oxygen atoms in total. The number of esters is 2. The van der Waals surface area contributed by atoms with Gasteiger partial charge in [0.25, 0.3) is 0 Å². The summed E-state index contributed by atoms with van der Waals surface area (Å²) in [6.45, 7) is 1.45. The van der Waals surface area contributed by atoms with E-state index in [1.165, 1.54) is 21.1 Å². The zero-order valence-electron chi connectivity index (χ0n) is 14.7. The van der Waals surface area contributed by atoms with Gasteiger partial charge in [-0.3, -0.25) is 14.4 Å². The van der Waals surface area contributed by atoms with Crippen LogP contribution in [0.25, 0.3) is 0 Å². The van der Waals surface area contributed by atoms with E-state index in [0.717, 1.165) is 0 Å². The number of carbonyl (C=O) groups is 3. The summed E-state index contributed by atoms with van der Waals surface area (Å²) in [6, 6.07) is 4.88. The van der Waals surface area contributed by atoms with E-state index in [9.17, 15) is 19.5 Å². The molecule has 1 aliphatic carbocycles. The van der Waals surface area contributed by atoms with Crippen LogP contribution >= 0.6 is 0 Å². The van der Waals surface area contributed by atoms with Gasteiger partial charge in [0.1, 0.15) is 5.92 Å². The molecule has 140 valence electrons. The van der Waals surface area contributed by atoms with Crippen LogP contribution in [0.15, 0.2) is 18.2 Å². The summed E-state index contributed by atoms with van der Waals surface area (Å²) in [5.41, 5.74) is -1.19. The highest BCUT2D eigenvalue weighted by Crippen LogP contribution is 2.48. The third-order valence-corrected chi connectivity index (χ3v) is 4.96. The van der Waals surface area contributed by atoms with E-state index >= 15 is 0 Å². The topological polar surface area (TPSA) is 108 Å². The zero-order valence-corrected chi connectivity index (χ0v) is 14.7. The van der Waals surface area contributed by atoms with E-state index in [2.05, 4.69) is 0 Å². The number of ketones is 1. The molecule has 0 unspecified atom stereocenters. The standard InChI is InChI=1S/C18H20O8/c1-18(22)7-10(19)14(16(20)23-2)13(15(18)17(21)24-3)9-4-5-11-12(6-9)26-8-25-11/h4-6,13-15,22H,7-8H2,1-3H3/t13-,14-,15-,18-/m0/s1. The van der Waals surface area contributed by atoms with E-state index in [0.29, 0.717) is 17.1 Å². The number of benzene rings is 1. The number of aliphatic hydroxyl groups is 1. The Balaban J connectivity index is 2.15. The van der Waals surface area contributed by atoms with Crippen molar-refractivity contribution < 1.29 is 38.4 Å². The molecule has 1 saturated carbocycles. The fourth-order valence-corrected chi connectivity index (χ4v) is 3.79. The first-order valence-electron chi connectivity index (χ1n) is 8.10. The van der Waals surface area contributed by atoms with Crippen molar-refractivity contribution in [1.82, 2.24) is 0 Å². The van der Waals surface area contributed by atoms with Gasteiger partial charge in [-0.15, -0.1) is 0 Å². The van der Waals surface area contributed by atoms with E-state index in [1.54, 1.807) is 18.2 Å². The van der Waals surface area contributed by atoms with Crippen LogP contribution in [0, 0.1) is 11.8 Å². The predicted molar refractivity (Wildman–Crippen MR) is 86.6 cm³/mol. The van der Waals surface area contributed by atoms with Gasteiger partial charge in [-0.05, 0) is 24.6 Å². The third-order valence-electron chi connectivity index (χ3n) is 4.96. The van der Waals surface area contributed by atoms with Crippen LogP contribution in [0.4, 0.5) is 0 Å². The number of rotatable bonds is 3. The van der Waals surface area contributed by atoms with Crippen molar-refractivity contribution in [3.63, 3.8) is 0 Å². The molecule has 0 aromatic heterocycles. The molecule has 26 heavy (non-hydrogen) atoms. The highest BCUT2D eigenvalue weighted by atomic mass is 16.7. The monoisotopic (exact) mass is 364 g/mol. The summed E-state index contributed by atoms with van der Waals surface area (Å²) < 4.78 is 20.3. The van der Waals surface area contributed by atoms with Crippen LogP contribution in [0.5, 0.6) is 11.5 Å². The second-order valence-corrected chi connectivity index (χ2v) is 6.64. The van der Waals surface area contributed by atoms with Crippen LogP contribution in [0.1, 0.15) is 24.8 Å². The second kappa shape index (κ2) is 6.60. The van der Waals surface area contributed by atoms with Crippen molar-refractivity contribution in [3.8, 4) is 11.5 Å². The Labute approximate surface area is 150 Å². The Bertz CT molecular complexity index is 754. The van der Waals surface area contributed by atoms with E-state index in [4.69, 9.17) is 18.9 Å². The molecular formula is C18H20O8. The van der Waals surface area contributed by atoms with Gasteiger partial charge in [-0.25, -0.2) is 0 Å². The third kappa shape index (κ3) is 2.90. The molecule has 3 rings (SSSR count). The largest absolute Gasteiger partial charge is 0.469 e. The summed E-state index contributed by atoms with van der Waals surface area (Å²) in [5.74, 6) is -4.33. The maximum Gasteiger partial charge on any atom is 0.316 e. The lowest BCUT2D eigenvalue weighted by Crippen LogP contribution is -2.55. The first-order valence-corrected chi connectivity index (χ1v) is 8.10. The van der Waals surface area contributed by atoms with Gasteiger partial charge in [-0.1, -0.05) is 6.07 Å². The van der Waals surface area contributed by atoms with Crippen molar-refractivity contribution >= 4 is 17.7 Å². The van der Waals surface area contributed by atoms with Gasteiger partial charge in [-0.2, -0.15) is 0 Å². The van der Waals surface area contributed by atoms with E-state index in [1.807, 2.05) is 0 Å². The van der Waals surface area contributed by atoms with Crippen LogP contribution in [-0.2, 0) is 23.9 Å². The highest BCUT2D eigenvalue weighted by molar-refractivity contribution is 6.02. The minimum absolute atomic E-state index is 0.0565. The van der Waals surface area contributed by atoms with Gasteiger partial charge in [0.2, 0.25) is 6.79 Å². The average Bonchev–Trinajstić information content (AvgIpc) is 3.06. The minimum Gasteiger partial charge on any atom is -0.469 e. The predicted octanol–water partition coefficient (Wildman–Crippen LogP) is 0.801. The summed E-state index contributed by atoms with van der Waals surface area (Å²) in [6.07, 6.45) is -0.354. The molecule has 0 saturated heterocycles. The normalized spacial score (nSPS) is 30.0. The number of hydrogen-bond donors (Lipinski definition) is 1. The SMILES string of the molecule is COC(=O)[C@H]1C(=O)C[C@](C)(O)[C@H](C(=O)OC)[C@H]1c1ccc2c(c1)OCO2. The molecule has 4 atom stereocenters. The number of Topliss-reactive ketones (excluding diaryl/α,β-unsaturated/α-hetero) is 1. The van der Waals surface area contributed by atoms with Gasteiger partial charge < -0.3 is 24.1 Å². The lowest BCUT2D eigenvalue weighted by atomic mass is 9.61. The number of hydrogen-bond acceptors (Lipinski definition) is 8. The molecular weight excluding hydrogens is 344 g/mol. The maximum absolute atomic E-state index is 12.6. The molecule has 1 fully saturated rings. The number of methoxy groups -OCH3 is 2. The molecule has 1 aromatic rings.